The van der Waals surface area contributed by atoms with E-state index in [0.29, 0.717) is 5.82 Å². The van der Waals surface area contributed by atoms with Gasteiger partial charge in [-0.1, -0.05) is 6.07 Å². The summed E-state index contributed by atoms with van der Waals surface area (Å²) >= 11 is 0. The molecule has 0 spiro atoms. The van der Waals surface area contributed by atoms with Gasteiger partial charge in [0.05, 0.1) is 11.8 Å². The molecule has 98 valence electrons. The Morgan fingerprint density at radius 3 is 2.84 bits per heavy atom. The number of amides is 1. The minimum Gasteiger partial charge on any atom is -0.480 e. The fourth-order valence-electron chi connectivity index (χ4n) is 1.41. The molecule has 7 nitrogen and oxygen atoms in total. The van der Waals surface area contributed by atoms with Gasteiger partial charge in [-0.3, -0.25) is 9.48 Å². The molecule has 2 rings (SSSR count). The number of hydrogen-bond donors (Lipinski definition) is 2. The van der Waals surface area contributed by atoms with Crippen molar-refractivity contribution in [3.8, 4) is 0 Å². The molecular weight excluding hydrogens is 248 g/mol. The summed E-state index contributed by atoms with van der Waals surface area (Å²) in [4.78, 5) is 26.6. The van der Waals surface area contributed by atoms with E-state index in [1.165, 1.54) is 24.0 Å². The first kappa shape index (κ1) is 12.7. The number of pyridine rings is 1. The smallest absolute Gasteiger partial charge is 0.328 e. The summed E-state index contributed by atoms with van der Waals surface area (Å²) in [6, 6.07) is 4.32. The lowest BCUT2D eigenvalue weighted by Crippen LogP contribution is -2.16. The van der Waals surface area contributed by atoms with Gasteiger partial charge in [0.2, 0.25) is 0 Å². The maximum absolute atomic E-state index is 11.9. The zero-order valence-corrected chi connectivity index (χ0v) is 10.1. The van der Waals surface area contributed by atoms with Crippen LogP contribution in [0.3, 0.4) is 0 Å². The van der Waals surface area contributed by atoms with Crippen LogP contribution < -0.4 is 5.32 Å². The monoisotopic (exact) mass is 260 g/mol. The van der Waals surface area contributed by atoms with Gasteiger partial charge in [-0.2, -0.15) is 5.10 Å². The Morgan fingerprint density at radius 1 is 1.42 bits per heavy atom. The summed E-state index contributed by atoms with van der Waals surface area (Å²) in [6.45, 7) is 1.48. The summed E-state index contributed by atoms with van der Waals surface area (Å²) in [6.07, 6.45) is 4.26. The van der Waals surface area contributed by atoms with Crippen LogP contribution in [-0.4, -0.2) is 31.7 Å². The van der Waals surface area contributed by atoms with Crippen molar-refractivity contribution >= 4 is 17.7 Å². The molecule has 0 saturated heterocycles. The van der Waals surface area contributed by atoms with Gasteiger partial charge in [0.15, 0.2) is 0 Å². The fraction of sp³-hybridized carbons (Fsp3) is 0.167. The molecule has 2 N–H and O–H groups in total. The summed E-state index contributed by atoms with van der Waals surface area (Å²) in [7, 11) is 0. The van der Waals surface area contributed by atoms with E-state index in [0.717, 1.165) is 0 Å². The second kappa shape index (κ2) is 5.30. The number of aromatic nitrogens is 3. The first-order valence-corrected chi connectivity index (χ1v) is 5.57. The molecule has 1 unspecified atom stereocenters. The van der Waals surface area contributed by atoms with Gasteiger partial charge in [0.25, 0.3) is 5.91 Å². The van der Waals surface area contributed by atoms with E-state index >= 15 is 0 Å². The van der Waals surface area contributed by atoms with Crippen molar-refractivity contribution in [2.75, 3.05) is 5.32 Å². The van der Waals surface area contributed by atoms with Crippen LogP contribution in [0.4, 0.5) is 5.82 Å². The van der Waals surface area contributed by atoms with Gasteiger partial charge in [0.1, 0.15) is 11.9 Å². The summed E-state index contributed by atoms with van der Waals surface area (Å²) in [5, 5.41) is 15.3. The zero-order chi connectivity index (χ0) is 13.8. The van der Waals surface area contributed by atoms with E-state index in [2.05, 4.69) is 15.4 Å². The molecule has 0 fully saturated rings. The Kier molecular flexibility index (Phi) is 3.56. The number of nitrogens with one attached hydrogen (secondary N) is 1. The molecule has 2 aromatic rings. The number of carbonyl (C=O) groups is 2. The maximum atomic E-state index is 11.9. The lowest BCUT2D eigenvalue weighted by atomic mass is 10.3. The van der Waals surface area contributed by atoms with Gasteiger partial charge in [-0.15, -0.1) is 0 Å². The van der Waals surface area contributed by atoms with Crippen molar-refractivity contribution in [2.45, 2.75) is 13.0 Å². The lowest BCUT2D eigenvalue weighted by Gasteiger charge is -2.05. The highest BCUT2D eigenvalue weighted by molar-refractivity contribution is 6.03. The topological polar surface area (TPSA) is 97.1 Å². The number of anilines is 1. The third-order valence-electron chi connectivity index (χ3n) is 2.52. The number of nitrogens with zero attached hydrogens (tertiary/aromatic N) is 3. The van der Waals surface area contributed by atoms with Crippen molar-refractivity contribution in [3.63, 3.8) is 0 Å². The van der Waals surface area contributed by atoms with E-state index in [1.807, 2.05) is 0 Å². The molecule has 7 heteroatoms. The van der Waals surface area contributed by atoms with Crippen LogP contribution in [0.1, 0.15) is 23.3 Å². The predicted molar refractivity (Wildman–Crippen MR) is 66.8 cm³/mol. The molecular formula is C12H12N4O3. The van der Waals surface area contributed by atoms with Crippen molar-refractivity contribution < 1.29 is 14.7 Å². The molecule has 1 atom stereocenters. The first-order chi connectivity index (χ1) is 9.08. The Morgan fingerprint density at radius 2 is 2.21 bits per heavy atom. The van der Waals surface area contributed by atoms with Crippen LogP contribution in [0.25, 0.3) is 0 Å². The average molecular weight is 260 g/mol. The highest BCUT2D eigenvalue weighted by atomic mass is 16.4. The Hall–Kier alpha value is -2.70. The summed E-state index contributed by atoms with van der Waals surface area (Å²) < 4.78 is 1.22. The van der Waals surface area contributed by atoms with Crippen molar-refractivity contribution in [1.82, 2.24) is 14.8 Å². The van der Waals surface area contributed by atoms with Crippen LogP contribution in [0.15, 0.2) is 36.8 Å². The Bertz CT molecular complexity index is 594. The molecule has 0 aliphatic rings. The second-order valence-corrected chi connectivity index (χ2v) is 3.89. The Labute approximate surface area is 108 Å². The van der Waals surface area contributed by atoms with Gasteiger partial charge >= 0.3 is 5.97 Å². The van der Waals surface area contributed by atoms with E-state index in [1.54, 1.807) is 24.4 Å². The molecule has 0 radical (unpaired) electrons. The van der Waals surface area contributed by atoms with Gasteiger partial charge in [0, 0.05) is 12.4 Å². The number of carbonyl (C=O) groups excluding carboxylic acids is 1. The number of carboxylic acids is 1. The number of aliphatic carboxylic acids is 1. The Balaban J connectivity index is 2.10. The molecule has 2 aromatic heterocycles. The molecule has 1 amide bonds. The normalized spacial score (nSPS) is 11.8. The minimum atomic E-state index is -1.01. The minimum absolute atomic E-state index is 0.277. The zero-order valence-electron chi connectivity index (χ0n) is 10.1. The molecule has 0 aromatic carbocycles. The van der Waals surface area contributed by atoms with Crippen LogP contribution in [-0.2, 0) is 4.79 Å². The third-order valence-corrected chi connectivity index (χ3v) is 2.52. The number of rotatable bonds is 4. The fourth-order valence-corrected chi connectivity index (χ4v) is 1.41. The SMILES string of the molecule is CC(C(=O)O)n1cc(C(=O)Nc2ccccn2)cn1. The van der Waals surface area contributed by atoms with Gasteiger partial charge in [-0.25, -0.2) is 9.78 Å². The molecule has 19 heavy (non-hydrogen) atoms. The largest absolute Gasteiger partial charge is 0.480 e. The van der Waals surface area contributed by atoms with Crippen LogP contribution in [0, 0.1) is 0 Å². The number of carboxylic acid groups (broad SMARTS) is 1. The first-order valence-electron chi connectivity index (χ1n) is 5.57. The van der Waals surface area contributed by atoms with E-state index in [4.69, 9.17) is 5.11 Å². The average Bonchev–Trinajstić information content (AvgIpc) is 2.88. The van der Waals surface area contributed by atoms with E-state index < -0.39 is 12.0 Å². The molecule has 2 heterocycles. The highest BCUT2D eigenvalue weighted by Gasteiger charge is 2.16. The van der Waals surface area contributed by atoms with Crippen LogP contribution >= 0.6 is 0 Å². The third kappa shape index (κ3) is 2.95. The lowest BCUT2D eigenvalue weighted by molar-refractivity contribution is -0.140. The van der Waals surface area contributed by atoms with E-state index in [-0.39, 0.29) is 11.5 Å². The van der Waals surface area contributed by atoms with Crippen molar-refractivity contribution in [3.05, 3.63) is 42.4 Å². The summed E-state index contributed by atoms with van der Waals surface area (Å²) in [5.74, 6) is -0.978. The molecule has 0 aliphatic heterocycles. The predicted octanol–water partition coefficient (Wildman–Crippen LogP) is 1.18. The van der Waals surface area contributed by atoms with Gasteiger partial charge < -0.3 is 10.4 Å². The van der Waals surface area contributed by atoms with E-state index in [9.17, 15) is 9.59 Å². The number of hydrogen-bond acceptors (Lipinski definition) is 4. The molecule has 0 saturated carbocycles. The quantitative estimate of drug-likeness (QED) is 0.860. The standard InChI is InChI=1S/C12H12N4O3/c1-8(12(18)19)16-7-9(6-14-16)11(17)15-10-4-2-3-5-13-10/h2-8H,1H3,(H,18,19)(H,13,15,17). The molecule has 0 bridgehead atoms. The van der Waals surface area contributed by atoms with Gasteiger partial charge in [-0.05, 0) is 19.1 Å². The van der Waals surface area contributed by atoms with Crippen molar-refractivity contribution in [1.29, 1.82) is 0 Å². The highest BCUT2D eigenvalue weighted by Crippen LogP contribution is 2.09. The van der Waals surface area contributed by atoms with Crippen LogP contribution in [0.5, 0.6) is 0 Å². The second-order valence-electron chi connectivity index (χ2n) is 3.89. The van der Waals surface area contributed by atoms with Crippen molar-refractivity contribution in [2.24, 2.45) is 0 Å². The van der Waals surface area contributed by atoms with Crippen LogP contribution in [0.2, 0.25) is 0 Å². The summed E-state index contributed by atoms with van der Waals surface area (Å²) in [5.41, 5.74) is 0.277. The molecule has 0 aliphatic carbocycles. The maximum Gasteiger partial charge on any atom is 0.328 e.